The van der Waals surface area contributed by atoms with Crippen molar-refractivity contribution < 1.29 is 28.5 Å². The summed E-state index contributed by atoms with van der Waals surface area (Å²) in [7, 11) is 1.58. The lowest BCUT2D eigenvalue weighted by molar-refractivity contribution is -0.151. The SMILES string of the molecule is CCOC(=O)[C@H](Oc1ccc2c(c1)OC(=Cc1cccc(OC)c1)C2=O)c1ccccc1. The van der Waals surface area contributed by atoms with E-state index in [0.29, 0.717) is 28.4 Å². The number of ketones is 1. The van der Waals surface area contributed by atoms with Crippen LogP contribution in [0.5, 0.6) is 17.2 Å². The second-order valence-corrected chi connectivity index (χ2v) is 7.03. The Kier molecular flexibility index (Phi) is 6.22. The van der Waals surface area contributed by atoms with Gasteiger partial charge in [0, 0.05) is 11.6 Å². The summed E-state index contributed by atoms with van der Waals surface area (Å²) in [4.78, 5) is 25.3. The van der Waals surface area contributed by atoms with Gasteiger partial charge in [0.2, 0.25) is 11.9 Å². The van der Waals surface area contributed by atoms with E-state index in [-0.39, 0.29) is 18.1 Å². The monoisotopic (exact) mass is 430 g/mol. The number of Topliss-reactive ketones (excluding diaryl/α,β-unsaturated/α-hetero) is 1. The maximum absolute atomic E-state index is 12.8. The molecule has 1 aliphatic heterocycles. The number of fused-ring (bicyclic) bond motifs is 1. The third kappa shape index (κ3) is 4.49. The summed E-state index contributed by atoms with van der Waals surface area (Å²) in [6, 6.07) is 21.3. The summed E-state index contributed by atoms with van der Waals surface area (Å²) in [5, 5.41) is 0. The van der Waals surface area contributed by atoms with Crippen molar-refractivity contribution in [3.05, 3.63) is 95.2 Å². The lowest BCUT2D eigenvalue weighted by Gasteiger charge is -2.18. The zero-order chi connectivity index (χ0) is 22.5. The zero-order valence-corrected chi connectivity index (χ0v) is 17.7. The molecule has 0 radical (unpaired) electrons. The molecule has 0 N–H and O–H groups in total. The Bertz CT molecular complexity index is 1170. The first-order valence-electron chi connectivity index (χ1n) is 10.2. The molecule has 162 valence electrons. The van der Waals surface area contributed by atoms with E-state index in [0.717, 1.165) is 5.56 Å². The predicted octanol–water partition coefficient (Wildman–Crippen LogP) is 4.99. The van der Waals surface area contributed by atoms with Crippen LogP contribution in [0.1, 0.15) is 34.5 Å². The molecule has 1 atom stereocenters. The quantitative estimate of drug-likeness (QED) is 0.388. The number of methoxy groups -OCH3 is 1. The third-order valence-electron chi connectivity index (χ3n) is 4.89. The molecule has 0 fully saturated rings. The van der Waals surface area contributed by atoms with Crippen molar-refractivity contribution in [2.75, 3.05) is 13.7 Å². The summed E-state index contributed by atoms with van der Waals surface area (Å²) in [5.41, 5.74) is 1.88. The van der Waals surface area contributed by atoms with Crippen LogP contribution in [0.25, 0.3) is 6.08 Å². The molecule has 0 aliphatic carbocycles. The number of benzene rings is 3. The van der Waals surface area contributed by atoms with Crippen LogP contribution in [-0.4, -0.2) is 25.5 Å². The largest absolute Gasteiger partial charge is 0.497 e. The summed E-state index contributed by atoms with van der Waals surface area (Å²) >= 11 is 0. The Morgan fingerprint density at radius 1 is 1.00 bits per heavy atom. The first-order valence-corrected chi connectivity index (χ1v) is 10.2. The third-order valence-corrected chi connectivity index (χ3v) is 4.89. The van der Waals surface area contributed by atoms with Crippen molar-refractivity contribution in [1.82, 2.24) is 0 Å². The predicted molar refractivity (Wildman–Crippen MR) is 119 cm³/mol. The average molecular weight is 430 g/mol. The lowest BCUT2D eigenvalue weighted by Crippen LogP contribution is -2.21. The molecule has 4 rings (SSSR count). The van der Waals surface area contributed by atoms with Gasteiger partial charge in [0.05, 0.1) is 19.3 Å². The van der Waals surface area contributed by atoms with Gasteiger partial charge in [-0.15, -0.1) is 0 Å². The lowest BCUT2D eigenvalue weighted by atomic mass is 10.1. The van der Waals surface area contributed by atoms with Crippen molar-refractivity contribution in [2.24, 2.45) is 0 Å². The summed E-state index contributed by atoms with van der Waals surface area (Å²) in [6.45, 7) is 1.98. The molecule has 0 spiro atoms. The van der Waals surface area contributed by atoms with Crippen LogP contribution in [0.15, 0.2) is 78.6 Å². The smallest absolute Gasteiger partial charge is 0.352 e. The molecular formula is C26H22O6. The van der Waals surface area contributed by atoms with Gasteiger partial charge in [-0.3, -0.25) is 4.79 Å². The van der Waals surface area contributed by atoms with Gasteiger partial charge in [-0.1, -0.05) is 42.5 Å². The molecule has 0 saturated heterocycles. The van der Waals surface area contributed by atoms with Crippen LogP contribution in [-0.2, 0) is 9.53 Å². The summed E-state index contributed by atoms with van der Waals surface area (Å²) in [6.07, 6.45) is 0.731. The number of carbonyl (C=O) groups is 2. The molecule has 3 aromatic rings. The van der Waals surface area contributed by atoms with Crippen LogP contribution < -0.4 is 14.2 Å². The van der Waals surface area contributed by atoms with E-state index < -0.39 is 12.1 Å². The Balaban J connectivity index is 1.58. The number of allylic oxidation sites excluding steroid dienone is 1. The number of esters is 1. The number of ether oxygens (including phenoxy) is 4. The molecular weight excluding hydrogens is 408 g/mol. The van der Waals surface area contributed by atoms with Crippen LogP contribution in [0.3, 0.4) is 0 Å². The van der Waals surface area contributed by atoms with Crippen LogP contribution >= 0.6 is 0 Å². The highest BCUT2D eigenvalue weighted by molar-refractivity contribution is 6.14. The van der Waals surface area contributed by atoms with Crippen molar-refractivity contribution in [3.8, 4) is 17.2 Å². The number of rotatable bonds is 7. The Hall–Kier alpha value is -4.06. The van der Waals surface area contributed by atoms with E-state index in [1.54, 1.807) is 50.4 Å². The molecule has 3 aromatic carbocycles. The van der Waals surface area contributed by atoms with Gasteiger partial charge in [-0.2, -0.15) is 0 Å². The Morgan fingerprint density at radius 3 is 2.56 bits per heavy atom. The highest BCUT2D eigenvalue weighted by Crippen LogP contribution is 2.36. The minimum atomic E-state index is -0.932. The molecule has 0 saturated carbocycles. The Labute approximate surface area is 186 Å². The van der Waals surface area contributed by atoms with E-state index >= 15 is 0 Å². The second-order valence-electron chi connectivity index (χ2n) is 7.03. The normalized spacial score (nSPS) is 14.4. The highest BCUT2D eigenvalue weighted by atomic mass is 16.6. The zero-order valence-electron chi connectivity index (χ0n) is 17.7. The van der Waals surface area contributed by atoms with Crippen LogP contribution in [0.4, 0.5) is 0 Å². The molecule has 6 nitrogen and oxygen atoms in total. The first-order chi connectivity index (χ1) is 15.6. The van der Waals surface area contributed by atoms with Gasteiger partial charge in [0.25, 0.3) is 0 Å². The van der Waals surface area contributed by atoms with Crippen LogP contribution in [0.2, 0.25) is 0 Å². The van der Waals surface area contributed by atoms with Crippen molar-refractivity contribution in [2.45, 2.75) is 13.0 Å². The standard InChI is InChI=1S/C26H22O6/c1-3-30-26(28)25(18-9-5-4-6-10-18)31-20-12-13-21-22(16-20)32-23(24(21)27)15-17-8-7-11-19(14-17)29-2/h4-16,25H,3H2,1-2H3/t25-/m1/s1. The summed E-state index contributed by atoms with van der Waals surface area (Å²) in [5.74, 6) is 0.937. The van der Waals surface area contributed by atoms with Gasteiger partial charge in [0.15, 0.2) is 5.76 Å². The Morgan fingerprint density at radius 2 is 1.81 bits per heavy atom. The maximum atomic E-state index is 12.8. The van der Waals surface area contributed by atoms with E-state index in [2.05, 4.69) is 0 Å². The van der Waals surface area contributed by atoms with E-state index in [1.165, 1.54) is 0 Å². The van der Waals surface area contributed by atoms with Gasteiger partial charge in [-0.25, -0.2) is 4.79 Å². The van der Waals surface area contributed by atoms with Crippen molar-refractivity contribution >= 4 is 17.8 Å². The number of hydrogen-bond donors (Lipinski definition) is 0. The molecule has 0 bridgehead atoms. The fourth-order valence-corrected chi connectivity index (χ4v) is 3.36. The molecule has 1 aliphatic rings. The molecule has 32 heavy (non-hydrogen) atoms. The topological polar surface area (TPSA) is 71.1 Å². The fourth-order valence-electron chi connectivity index (χ4n) is 3.36. The van der Waals surface area contributed by atoms with Gasteiger partial charge in [-0.05, 0) is 42.8 Å². The van der Waals surface area contributed by atoms with E-state index in [4.69, 9.17) is 18.9 Å². The molecule has 0 amide bonds. The van der Waals surface area contributed by atoms with Gasteiger partial charge < -0.3 is 18.9 Å². The van der Waals surface area contributed by atoms with Gasteiger partial charge >= 0.3 is 5.97 Å². The van der Waals surface area contributed by atoms with Crippen molar-refractivity contribution in [3.63, 3.8) is 0 Å². The molecule has 1 heterocycles. The molecule has 6 heteroatoms. The van der Waals surface area contributed by atoms with Crippen LogP contribution in [0, 0.1) is 0 Å². The second kappa shape index (κ2) is 9.39. The van der Waals surface area contributed by atoms with Gasteiger partial charge in [0.1, 0.15) is 17.2 Å². The summed E-state index contributed by atoms with van der Waals surface area (Å²) < 4.78 is 22.2. The van der Waals surface area contributed by atoms with E-state index in [1.807, 2.05) is 42.5 Å². The average Bonchev–Trinajstić information content (AvgIpc) is 3.12. The minimum absolute atomic E-state index is 0.204. The fraction of sp³-hybridized carbons (Fsp3) is 0.154. The first kappa shape index (κ1) is 21.2. The minimum Gasteiger partial charge on any atom is -0.497 e. The number of hydrogen-bond acceptors (Lipinski definition) is 6. The van der Waals surface area contributed by atoms with E-state index in [9.17, 15) is 9.59 Å². The molecule has 0 unspecified atom stereocenters. The highest BCUT2D eigenvalue weighted by Gasteiger charge is 2.29. The number of carbonyl (C=O) groups excluding carboxylic acids is 2. The van der Waals surface area contributed by atoms with Crippen molar-refractivity contribution in [1.29, 1.82) is 0 Å². The molecule has 0 aromatic heterocycles. The maximum Gasteiger partial charge on any atom is 0.352 e.